The predicted octanol–water partition coefficient (Wildman–Crippen LogP) is 3.38. The van der Waals surface area contributed by atoms with E-state index in [2.05, 4.69) is 35.8 Å². The maximum absolute atomic E-state index is 14.9. The highest BCUT2D eigenvalue weighted by Crippen LogP contribution is 2.32. The minimum absolute atomic E-state index is 0.0582. The highest BCUT2D eigenvalue weighted by molar-refractivity contribution is 5.90. The molecule has 1 amide bonds. The molecule has 0 fully saturated rings. The van der Waals surface area contributed by atoms with E-state index in [1.807, 2.05) is 40.9 Å². The lowest BCUT2D eigenvalue weighted by molar-refractivity contribution is 0.0936. The number of rotatable bonds is 7. The molecular weight excluding hydrogens is 465 g/mol. The molecule has 0 aliphatic rings. The number of aryl methyl sites for hydroxylation is 1. The van der Waals surface area contributed by atoms with Crippen molar-refractivity contribution in [3.8, 4) is 11.1 Å². The van der Waals surface area contributed by atoms with Crippen molar-refractivity contribution < 1.29 is 13.7 Å². The van der Waals surface area contributed by atoms with E-state index in [0.717, 1.165) is 5.56 Å². The summed E-state index contributed by atoms with van der Waals surface area (Å²) in [7, 11) is 1.84. The van der Waals surface area contributed by atoms with Crippen LogP contribution in [0, 0.1) is 5.82 Å². The lowest BCUT2D eigenvalue weighted by Crippen LogP contribution is -2.25. The summed E-state index contributed by atoms with van der Waals surface area (Å²) < 4.78 is 21.7. The van der Waals surface area contributed by atoms with Crippen molar-refractivity contribution in [2.45, 2.75) is 45.7 Å². The van der Waals surface area contributed by atoms with Crippen molar-refractivity contribution in [2.75, 3.05) is 11.1 Å². The van der Waals surface area contributed by atoms with Gasteiger partial charge in [0.25, 0.3) is 11.7 Å². The van der Waals surface area contributed by atoms with Crippen molar-refractivity contribution in [1.29, 1.82) is 0 Å². The lowest BCUT2D eigenvalue weighted by atomic mass is 9.97. The summed E-state index contributed by atoms with van der Waals surface area (Å²) >= 11 is 0. The molecule has 0 aromatic carbocycles. The molecule has 4 heterocycles. The first-order valence-corrected chi connectivity index (χ1v) is 11.3. The Balaban J connectivity index is 1.46. The van der Waals surface area contributed by atoms with Gasteiger partial charge in [0.05, 0.1) is 30.2 Å². The highest BCUT2D eigenvalue weighted by Gasteiger charge is 2.24. The summed E-state index contributed by atoms with van der Waals surface area (Å²) in [4.78, 5) is 25.0. The van der Waals surface area contributed by atoms with Gasteiger partial charge in [0.15, 0.2) is 0 Å². The normalized spacial score (nSPS) is 12.4. The first-order valence-electron chi connectivity index (χ1n) is 11.3. The number of hydrogen-bond acceptors (Lipinski definition) is 9. The number of hydrogen-bond donors (Lipinski definition) is 3. The molecule has 0 aliphatic heterocycles. The molecule has 0 spiro atoms. The summed E-state index contributed by atoms with van der Waals surface area (Å²) in [6.07, 6.45) is 6.75. The molecule has 0 saturated carbocycles. The van der Waals surface area contributed by atoms with Gasteiger partial charge >= 0.3 is 0 Å². The molecule has 1 atom stereocenters. The van der Waals surface area contributed by atoms with Crippen LogP contribution in [0.4, 0.5) is 15.9 Å². The molecule has 36 heavy (non-hydrogen) atoms. The summed E-state index contributed by atoms with van der Waals surface area (Å²) in [6, 6.07) is 2.92. The Morgan fingerprint density at radius 2 is 2.06 bits per heavy atom. The van der Waals surface area contributed by atoms with E-state index in [1.54, 1.807) is 23.1 Å². The van der Waals surface area contributed by atoms with Gasteiger partial charge in [-0.3, -0.25) is 14.5 Å². The highest BCUT2D eigenvalue weighted by atomic mass is 19.1. The van der Waals surface area contributed by atoms with Gasteiger partial charge in [-0.15, -0.1) is 0 Å². The smallest absolute Gasteiger partial charge is 0.293 e. The molecule has 12 heteroatoms. The van der Waals surface area contributed by atoms with E-state index < -0.39 is 17.1 Å². The van der Waals surface area contributed by atoms with Gasteiger partial charge in [-0.2, -0.15) is 10.1 Å². The zero-order chi connectivity index (χ0) is 26.0. The topological polar surface area (TPSA) is 150 Å². The molecule has 4 aromatic rings. The van der Waals surface area contributed by atoms with Crippen LogP contribution in [0.25, 0.3) is 11.1 Å². The van der Waals surface area contributed by atoms with Gasteiger partial charge in [0.2, 0.25) is 5.89 Å². The fourth-order valence-electron chi connectivity index (χ4n) is 3.40. The first-order chi connectivity index (χ1) is 17.0. The van der Waals surface area contributed by atoms with E-state index in [0.29, 0.717) is 28.5 Å². The number of amides is 1. The van der Waals surface area contributed by atoms with Crippen LogP contribution < -0.4 is 16.4 Å². The summed E-state index contributed by atoms with van der Waals surface area (Å²) in [6.45, 7) is 7.48. The van der Waals surface area contributed by atoms with Gasteiger partial charge in [-0.25, -0.2) is 9.37 Å². The number of halogens is 1. The average Bonchev–Trinajstić information content (AvgIpc) is 3.49. The molecule has 4 aromatic heterocycles. The molecule has 4 rings (SSSR count). The Kier molecular flexibility index (Phi) is 6.69. The van der Waals surface area contributed by atoms with Gasteiger partial charge in [0, 0.05) is 47.7 Å². The number of pyridine rings is 2. The van der Waals surface area contributed by atoms with Crippen molar-refractivity contribution in [2.24, 2.45) is 7.05 Å². The maximum Gasteiger partial charge on any atom is 0.293 e. The third-order valence-corrected chi connectivity index (χ3v) is 5.48. The van der Waals surface area contributed by atoms with Gasteiger partial charge in [-0.05, 0) is 19.1 Å². The number of anilines is 2. The molecule has 1 unspecified atom stereocenters. The van der Waals surface area contributed by atoms with Crippen LogP contribution in [0.1, 0.15) is 61.5 Å². The Hall–Kier alpha value is -4.35. The largest absolute Gasteiger partial charge is 0.395 e. The van der Waals surface area contributed by atoms with Crippen LogP contribution in [-0.4, -0.2) is 35.8 Å². The zero-order valence-electron chi connectivity index (χ0n) is 20.7. The Morgan fingerprint density at radius 1 is 1.28 bits per heavy atom. The number of aromatic nitrogens is 6. The number of carbonyl (C=O) groups excluding carboxylic acids is 1. The zero-order valence-corrected chi connectivity index (χ0v) is 20.7. The van der Waals surface area contributed by atoms with Crippen LogP contribution >= 0.6 is 0 Å². The minimum atomic E-state index is -0.592. The Labute approximate surface area is 207 Å². The number of nitrogens with zero attached hydrogens (tertiary/aromatic N) is 6. The third kappa shape index (κ3) is 5.32. The molecule has 0 radical (unpaired) electrons. The fraction of sp³-hybridized carbons (Fsp3) is 0.333. The molecule has 0 aliphatic carbocycles. The van der Waals surface area contributed by atoms with Gasteiger partial charge in [0.1, 0.15) is 11.6 Å². The lowest BCUT2D eigenvalue weighted by Gasteiger charge is -2.16. The minimum Gasteiger partial charge on any atom is -0.395 e. The van der Waals surface area contributed by atoms with Crippen LogP contribution in [0.15, 0.2) is 41.4 Å². The second-order valence-corrected chi connectivity index (χ2v) is 9.44. The summed E-state index contributed by atoms with van der Waals surface area (Å²) in [5.74, 6) is -0.501. The second kappa shape index (κ2) is 9.72. The quantitative estimate of drug-likeness (QED) is 0.352. The Bertz CT molecular complexity index is 1390. The predicted molar refractivity (Wildman–Crippen MR) is 131 cm³/mol. The van der Waals surface area contributed by atoms with Crippen LogP contribution in [0.3, 0.4) is 0 Å². The second-order valence-electron chi connectivity index (χ2n) is 9.44. The van der Waals surface area contributed by atoms with E-state index in [4.69, 9.17) is 10.3 Å². The number of carbonyl (C=O) groups is 1. The molecular formula is C24H28FN9O2. The van der Waals surface area contributed by atoms with E-state index in [-0.39, 0.29) is 24.1 Å². The number of nitrogens with two attached hydrogens (primary N) is 1. The number of nitrogen functional groups attached to an aromatic ring is 1. The summed E-state index contributed by atoms with van der Waals surface area (Å²) in [5.41, 5.74) is 8.41. The maximum atomic E-state index is 14.9. The van der Waals surface area contributed by atoms with Crippen molar-refractivity contribution in [3.63, 3.8) is 0 Å². The standard InChI is InChI=1S/C24H28FN9O2/c1-13(15-10-30-34(5)12-15)31-20-19(26)16(6-7-27-20)14-8-17(25)18(28-9-14)11-29-22(35)21-32-23(36-33-21)24(2,3)4/h6-10,12-13H,11,26H2,1-5H3,(H,27,31)(H,29,35). The van der Waals surface area contributed by atoms with E-state index in [9.17, 15) is 9.18 Å². The number of nitrogens with one attached hydrogen (secondary N) is 2. The fourth-order valence-corrected chi connectivity index (χ4v) is 3.40. The van der Waals surface area contributed by atoms with Crippen LogP contribution in [0.2, 0.25) is 0 Å². The van der Waals surface area contributed by atoms with Crippen LogP contribution in [0.5, 0.6) is 0 Å². The van der Waals surface area contributed by atoms with Gasteiger partial charge in [-0.1, -0.05) is 25.9 Å². The first kappa shape index (κ1) is 24.8. The molecule has 0 bridgehead atoms. The Morgan fingerprint density at radius 3 is 2.69 bits per heavy atom. The molecule has 188 valence electrons. The van der Waals surface area contributed by atoms with Crippen molar-refractivity contribution >= 4 is 17.4 Å². The summed E-state index contributed by atoms with van der Waals surface area (Å²) in [5, 5.41) is 13.7. The third-order valence-electron chi connectivity index (χ3n) is 5.48. The van der Waals surface area contributed by atoms with Crippen LogP contribution in [-0.2, 0) is 19.0 Å². The van der Waals surface area contributed by atoms with E-state index >= 15 is 0 Å². The van der Waals surface area contributed by atoms with Gasteiger partial charge < -0.3 is 20.9 Å². The monoisotopic (exact) mass is 493 g/mol. The molecule has 4 N–H and O–H groups in total. The molecule has 11 nitrogen and oxygen atoms in total. The average molecular weight is 494 g/mol. The SMILES string of the molecule is CC(Nc1nccc(-c2cnc(CNC(=O)c3noc(C(C)(C)C)n3)c(F)c2)c1N)c1cnn(C)c1. The molecule has 0 saturated heterocycles. The van der Waals surface area contributed by atoms with Crippen molar-refractivity contribution in [3.05, 3.63) is 65.7 Å². The van der Waals surface area contributed by atoms with Crippen molar-refractivity contribution in [1.82, 2.24) is 35.2 Å². The van der Waals surface area contributed by atoms with E-state index in [1.165, 1.54) is 12.3 Å².